The molecule has 0 bridgehead atoms. The second kappa shape index (κ2) is 8.93. The number of carbonyl (C=O) groups is 2. The fourth-order valence-electron chi connectivity index (χ4n) is 2.89. The van der Waals surface area contributed by atoms with E-state index in [1.165, 1.54) is 28.6 Å². The standard InChI is InChI=1S/C18H20ClN3O6S/c1-12-9-16(21-28-12)20-17(23)11-27-18(24)14-10-13(5-6-15(14)19)29(25,26)22-7-3-2-4-8-22/h5-6,9-10H,2-4,7-8,11H2,1H3,(H,20,21,23). The van der Waals surface area contributed by atoms with E-state index in [-0.39, 0.29) is 21.3 Å². The van der Waals surface area contributed by atoms with Gasteiger partial charge in [0.15, 0.2) is 12.4 Å². The molecular weight excluding hydrogens is 422 g/mol. The summed E-state index contributed by atoms with van der Waals surface area (Å²) in [5, 5.41) is 6.03. The Hall–Kier alpha value is -2.43. The quantitative estimate of drug-likeness (QED) is 0.684. The lowest BCUT2D eigenvalue weighted by Crippen LogP contribution is -2.35. The second-order valence-electron chi connectivity index (χ2n) is 6.55. The number of halogens is 1. The summed E-state index contributed by atoms with van der Waals surface area (Å²) in [6.07, 6.45) is 2.57. The molecular formula is C18H20ClN3O6S. The molecule has 1 aliphatic rings. The fourth-order valence-corrected chi connectivity index (χ4v) is 4.63. The number of sulfonamides is 1. The molecule has 0 radical (unpaired) electrons. The lowest BCUT2D eigenvalue weighted by Gasteiger charge is -2.26. The summed E-state index contributed by atoms with van der Waals surface area (Å²) in [7, 11) is -3.74. The topological polar surface area (TPSA) is 119 Å². The van der Waals surface area contributed by atoms with E-state index in [0.717, 1.165) is 19.3 Å². The van der Waals surface area contributed by atoms with E-state index in [4.69, 9.17) is 20.9 Å². The van der Waals surface area contributed by atoms with Gasteiger partial charge in [0.2, 0.25) is 10.0 Å². The van der Waals surface area contributed by atoms with Crippen LogP contribution >= 0.6 is 11.6 Å². The number of hydrogen-bond donors (Lipinski definition) is 1. The van der Waals surface area contributed by atoms with Gasteiger partial charge in [-0.1, -0.05) is 23.2 Å². The molecule has 1 saturated heterocycles. The van der Waals surface area contributed by atoms with Crippen molar-refractivity contribution in [1.29, 1.82) is 0 Å². The average Bonchev–Trinajstić information content (AvgIpc) is 3.11. The van der Waals surface area contributed by atoms with E-state index >= 15 is 0 Å². The molecule has 11 heteroatoms. The number of aromatic nitrogens is 1. The number of hydrogen-bond acceptors (Lipinski definition) is 7. The Labute approximate surface area is 173 Å². The number of rotatable bonds is 6. The van der Waals surface area contributed by atoms with Crippen molar-refractivity contribution in [3.8, 4) is 0 Å². The highest BCUT2D eigenvalue weighted by Crippen LogP contribution is 2.25. The Morgan fingerprint density at radius 1 is 1.24 bits per heavy atom. The summed E-state index contributed by atoms with van der Waals surface area (Å²) < 4.78 is 36.8. The highest BCUT2D eigenvalue weighted by atomic mass is 35.5. The Bertz CT molecular complexity index is 1010. The third-order valence-corrected chi connectivity index (χ3v) is 6.56. The molecule has 0 spiro atoms. The van der Waals surface area contributed by atoms with Gasteiger partial charge in [0.05, 0.1) is 15.5 Å². The molecule has 1 aromatic carbocycles. The third-order valence-electron chi connectivity index (χ3n) is 4.34. The zero-order valence-electron chi connectivity index (χ0n) is 15.7. The summed E-state index contributed by atoms with van der Waals surface area (Å²) in [6, 6.07) is 5.36. The first-order valence-corrected chi connectivity index (χ1v) is 10.8. The molecule has 0 aliphatic carbocycles. The van der Waals surface area contributed by atoms with Gasteiger partial charge in [-0.3, -0.25) is 4.79 Å². The van der Waals surface area contributed by atoms with Crippen LogP contribution in [-0.4, -0.2) is 49.5 Å². The van der Waals surface area contributed by atoms with Crippen LogP contribution in [0.4, 0.5) is 5.82 Å². The molecule has 0 unspecified atom stereocenters. The smallest absolute Gasteiger partial charge is 0.340 e. The van der Waals surface area contributed by atoms with Gasteiger partial charge in [0.1, 0.15) is 5.76 Å². The van der Waals surface area contributed by atoms with E-state index in [9.17, 15) is 18.0 Å². The average molecular weight is 442 g/mol. The number of piperidine rings is 1. The van der Waals surface area contributed by atoms with E-state index < -0.39 is 28.5 Å². The molecule has 156 valence electrons. The van der Waals surface area contributed by atoms with Crippen LogP contribution in [0.3, 0.4) is 0 Å². The second-order valence-corrected chi connectivity index (χ2v) is 8.90. The van der Waals surface area contributed by atoms with Gasteiger partial charge in [-0.05, 0) is 38.0 Å². The minimum Gasteiger partial charge on any atom is -0.452 e. The summed E-state index contributed by atoms with van der Waals surface area (Å²) >= 11 is 6.04. The van der Waals surface area contributed by atoms with E-state index in [0.29, 0.717) is 18.8 Å². The normalized spacial score (nSPS) is 15.1. The van der Waals surface area contributed by atoms with Crippen molar-refractivity contribution < 1.29 is 27.3 Å². The van der Waals surface area contributed by atoms with Crippen molar-refractivity contribution in [1.82, 2.24) is 9.46 Å². The number of ether oxygens (including phenoxy) is 1. The van der Waals surface area contributed by atoms with Crippen molar-refractivity contribution in [2.24, 2.45) is 0 Å². The van der Waals surface area contributed by atoms with E-state index in [1.54, 1.807) is 6.92 Å². The van der Waals surface area contributed by atoms with Crippen LogP contribution in [0.2, 0.25) is 5.02 Å². The van der Waals surface area contributed by atoms with Crippen LogP contribution in [0.1, 0.15) is 35.4 Å². The van der Waals surface area contributed by atoms with Gasteiger partial charge < -0.3 is 14.6 Å². The number of nitrogens with zero attached hydrogens (tertiary/aromatic N) is 2. The van der Waals surface area contributed by atoms with Crippen molar-refractivity contribution in [2.75, 3.05) is 25.0 Å². The lowest BCUT2D eigenvalue weighted by molar-refractivity contribution is -0.119. The Morgan fingerprint density at radius 3 is 2.62 bits per heavy atom. The largest absolute Gasteiger partial charge is 0.452 e. The van der Waals surface area contributed by atoms with Crippen molar-refractivity contribution >= 4 is 39.3 Å². The first-order valence-electron chi connectivity index (χ1n) is 8.97. The molecule has 2 aromatic rings. The minimum atomic E-state index is -3.74. The highest BCUT2D eigenvalue weighted by molar-refractivity contribution is 7.89. The number of esters is 1. The van der Waals surface area contributed by atoms with Gasteiger partial charge in [-0.15, -0.1) is 0 Å². The Morgan fingerprint density at radius 2 is 1.97 bits per heavy atom. The maximum Gasteiger partial charge on any atom is 0.340 e. The number of amides is 1. The van der Waals surface area contributed by atoms with Crippen LogP contribution in [0.15, 0.2) is 33.7 Å². The van der Waals surface area contributed by atoms with Crippen LogP contribution < -0.4 is 5.32 Å². The summed E-state index contributed by atoms with van der Waals surface area (Å²) in [5.74, 6) is -0.830. The van der Waals surface area contributed by atoms with Crippen molar-refractivity contribution in [2.45, 2.75) is 31.1 Å². The Balaban J connectivity index is 1.68. The van der Waals surface area contributed by atoms with Crippen LogP contribution in [0, 0.1) is 6.92 Å². The monoisotopic (exact) mass is 441 g/mol. The summed E-state index contributed by atoms with van der Waals surface area (Å²) in [4.78, 5) is 24.2. The molecule has 1 fully saturated rings. The van der Waals surface area contributed by atoms with Gasteiger partial charge in [0.25, 0.3) is 5.91 Å². The maximum absolute atomic E-state index is 12.8. The summed E-state index contributed by atoms with van der Waals surface area (Å²) in [6.45, 7) is 1.94. The molecule has 2 heterocycles. The van der Waals surface area contributed by atoms with Gasteiger partial charge in [-0.25, -0.2) is 13.2 Å². The molecule has 1 aliphatic heterocycles. The number of nitrogens with one attached hydrogen (secondary N) is 1. The predicted molar refractivity (Wildman–Crippen MR) is 104 cm³/mol. The fraction of sp³-hybridized carbons (Fsp3) is 0.389. The zero-order chi connectivity index (χ0) is 21.0. The van der Waals surface area contributed by atoms with Crippen LogP contribution in [0.5, 0.6) is 0 Å². The van der Waals surface area contributed by atoms with Crippen molar-refractivity contribution in [3.05, 3.63) is 40.6 Å². The van der Waals surface area contributed by atoms with Gasteiger partial charge in [-0.2, -0.15) is 4.31 Å². The van der Waals surface area contributed by atoms with Crippen LogP contribution in [0.25, 0.3) is 0 Å². The molecule has 9 nitrogen and oxygen atoms in total. The summed E-state index contributed by atoms with van der Waals surface area (Å²) in [5.41, 5.74) is -0.130. The van der Waals surface area contributed by atoms with Gasteiger partial charge in [0, 0.05) is 19.2 Å². The molecule has 0 saturated carbocycles. The van der Waals surface area contributed by atoms with E-state index in [2.05, 4.69) is 10.5 Å². The molecule has 1 amide bonds. The first-order chi connectivity index (χ1) is 13.8. The highest BCUT2D eigenvalue weighted by Gasteiger charge is 2.27. The van der Waals surface area contributed by atoms with Crippen LogP contribution in [-0.2, 0) is 19.6 Å². The Kier molecular flexibility index (Phi) is 6.56. The number of carbonyl (C=O) groups excluding carboxylic acids is 2. The third kappa shape index (κ3) is 5.14. The predicted octanol–water partition coefficient (Wildman–Crippen LogP) is 2.61. The molecule has 3 rings (SSSR count). The maximum atomic E-state index is 12.8. The molecule has 1 aromatic heterocycles. The number of benzene rings is 1. The molecule has 0 atom stereocenters. The number of anilines is 1. The molecule has 29 heavy (non-hydrogen) atoms. The van der Waals surface area contributed by atoms with Gasteiger partial charge >= 0.3 is 5.97 Å². The lowest BCUT2D eigenvalue weighted by atomic mass is 10.2. The minimum absolute atomic E-state index is 0.0279. The number of aryl methyl sites for hydroxylation is 1. The van der Waals surface area contributed by atoms with Crippen molar-refractivity contribution in [3.63, 3.8) is 0 Å². The van der Waals surface area contributed by atoms with E-state index in [1.807, 2.05) is 0 Å². The SMILES string of the molecule is Cc1cc(NC(=O)COC(=O)c2cc(S(=O)(=O)N3CCCCC3)ccc2Cl)no1. The first kappa shape index (κ1) is 21.3. The molecule has 1 N–H and O–H groups in total. The zero-order valence-corrected chi connectivity index (χ0v) is 17.3.